The van der Waals surface area contributed by atoms with Gasteiger partial charge < -0.3 is 5.11 Å². The molecule has 0 fully saturated rings. The molecule has 0 heterocycles. The maximum absolute atomic E-state index is 10.6. The molecule has 0 spiro atoms. The maximum atomic E-state index is 10.6. The Balaban J connectivity index is 2.71. The summed E-state index contributed by atoms with van der Waals surface area (Å²) in [6, 6.07) is 8.67. The van der Waals surface area contributed by atoms with Gasteiger partial charge in [0.2, 0.25) is 0 Å². The Kier molecular flexibility index (Phi) is 5.70. The fraction of sp³-hybridized carbons (Fsp3) is 0.625. The Bertz CT molecular complexity index is 307. The summed E-state index contributed by atoms with van der Waals surface area (Å²) < 4.78 is 0. The number of aliphatic hydroxyl groups is 1. The number of hydrogen-bond acceptors (Lipinski definition) is 1. The third-order valence-corrected chi connectivity index (χ3v) is 3.40. The molecule has 1 N–H and O–H groups in total. The van der Waals surface area contributed by atoms with E-state index in [1.165, 1.54) is 11.1 Å². The highest BCUT2D eigenvalue weighted by Gasteiger charge is 2.24. The first-order valence-corrected chi connectivity index (χ1v) is 6.93. The van der Waals surface area contributed by atoms with E-state index in [1.54, 1.807) is 0 Å². The number of rotatable bonds is 7. The highest BCUT2D eigenvalue weighted by atomic mass is 16.3. The minimum atomic E-state index is -0.503. The first-order chi connectivity index (χ1) is 8.13. The SMILES string of the molecule is CCCC(O)(CCC)Cc1ccc(CC)cc1. The van der Waals surface area contributed by atoms with Crippen molar-refractivity contribution in [3.8, 4) is 0 Å². The van der Waals surface area contributed by atoms with Crippen molar-refractivity contribution in [1.82, 2.24) is 0 Å². The van der Waals surface area contributed by atoms with E-state index in [-0.39, 0.29) is 0 Å². The van der Waals surface area contributed by atoms with E-state index in [9.17, 15) is 5.11 Å². The van der Waals surface area contributed by atoms with Gasteiger partial charge >= 0.3 is 0 Å². The van der Waals surface area contributed by atoms with Gasteiger partial charge in [-0.1, -0.05) is 57.9 Å². The number of benzene rings is 1. The van der Waals surface area contributed by atoms with E-state index >= 15 is 0 Å². The van der Waals surface area contributed by atoms with Crippen LogP contribution in [0.15, 0.2) is 24.3 Å². The van der Waals surface area contributed by atoms with E-state index in [0.717, 1.165) is 38.5 Å². The van der Waals surface area contributed by atoms with Gasteiger partial charge in [-0.25, -0.2) is 0 Å². The first-order valence-electron chi connectivity index (χ1n) is 6.93. The summed E-state index contributed by atoms with van der Waals surface area (Å²) in [5.41, 5.74) is 2.12. The summed E-state index contributed by atoms with van der Waals surface area (Å²) in [6.45, 7) is 6.45. The lowest BCUT2D eigenvalue weighted by Gasteiger charge is -2.27. The van der Waals surface area contributed by atoms with Crippen molar-refractivity contribution in [1.29, 1.82) is 0 Å². The monoisotopic (exact) mass is 234 g/mol. The van der Waals surface area contributed by atoms with Crippen LogP contribution in [0, 0.1) is 0 Å². The molecule has 0 aliphatic heterocycles. The van der Waals surface area contributed by atoms with Gasteiger partial charge in [-0.15, -0.1) is 0 Å². The molecule has 0 bridgehead atoms. The Morgan fingerprint density at radius 2 is 1.35 bits per heavy atom. The first kappa shape index (κ1) is 14.2. The smallest absolute Gasteiger partial charge is 0.0687 e. The van der Waals surface area contributed by atoms with Crippen molar-refractivity contribution < 1.29 is 5.11 Å². The Labute approximate surface area is 106 Å². The van der Waals surface area contributed by atoms with E-state index in [0.29, 0.717) is 0 Å². The Morgan fingerprint density at radius 3 is 1.76 bits per heavy atom. The van der Waals surface area contributed by atoms with Crippen molar-refractivity contribution in [2.24, 2.45) is 0 Å². The van der Waals surface area contributed by atoms with E-state index < -0.39 is 5.60 Å². The van der Waals surface area contributed by atoms with Crippen LogP contribution in [0.3, 0.4) is 0 Å². The zero-order valence-electron chi connectivity index (χ0n) is 11.5. The standard InChI is InChI=1S/C16H26O/c1-4-11-16(17,12-5-2)13-15-9-7-14(6-3)8-10-15/h7-10,17H,4-6,11-13H2,1-3H3. The summed E-state index contributed by atoms with van der Waals surface area (Å²) in [6.07, 6.45) is 5.76. The zero-order valence-corrected chi connectivity index (χ0v) is 11.5. The van der Waals surface area contributed by atoms with Crippen LogP contribution in [0.4, 0.5) is 0 Å². The molecule has 1 rings (SSSR count). The summed E-state index contributed by atoms with van der Waals surface area (Å²) in [7, 11) is 0. The van der Waals surface area contributed by atoms with Gasteiger partial charge in [0, 0.05) is 6.42 Å². The molecular weight excluding hydrogens is 208 g/mol. The predicted octanol–water partition coefficient (Wildman–Crippen LogP) is 4.12. The van der Waals surface area contributed by atoms with Crippen molar-refractivity contribution in [2.75, 3.05) is 0 Å². The quantitative estimate of drug-likeness (QED) is 0.752. The highest BCUT2D eigenvalue weighted by Crippen LogP contribution is 2.24. The predicted molar refractivity (Wildman–Crippen MR) is 74.3 cm³/mol. The van der Waals surface area contributed by atoms with Crippen LogP contribution in [0.5, 0.6) is 0 Å². The molecule has 0 aliphatic carbocycles. The van der Waals surface area contributed by atoms with Gasteiger partial charge in [0.05, 0.1) is 5.60 Å². The summed E-state index contributed by atoms with van der Waals surface area (Å²) >= 11 is 0. The van der Waals surface area contributed by atoms with Crippen molar-refractivity contribution in [3.05, 3.63) is 35.4 Å². The second-order valence-electron chi connectivity index (χ2n) is 5.07. The summed E-state index contributed by atoms with van der Waals surface area (Å²) in [5, 5.41) is 10.6. The molecule has 0 aromatic heterocycles. The molecule has 1 heteroatoms. The van der Waals surface area contributed by atoms with Gasteiger partial charge in [-0.05, 0) is 30.4 Å². The van der Waals surface area contributed by atoms with Crippen LogP contribution in [0.2, 0.25) is 0 Å². The molecule has 1 aromatic rings. The second kappa shape index (κ2) is 6.80. The third-order valence-electron chi connectivity index (χ3n) is 3.40. The molecular formula is C16H26O. The average Bonchev–Trinajstić information content (AvgIpc) is 2.30. The molecule has 0 unspecified atom stereocenters. The molecule has 17 heavy (non-hydrogen) atoms. The number of hydrogen-bond donors (Lipinski definition) is 1. The van der Waals surface area contributed by atoms with Gasteiger partial charge in [0.15, 0.2) is 0 Å². The van der Waals surface area contributed by atoms with Crippen LogP contribution in [0.1, 0.15) is 57.6 Å². The zero-order chi connectivity index (χ0) is 12.7. The lowest BCUT2D eigenvalue weighted by Crippen LogP contribution is -2.31. The minimum Gasteiger partial charge on any atom is -0.390 e. The lowest BCUT2D eigenvalue weighted by atomic mass is 9.86. The molecule has 0 saturated carbocycles. The minimum absolute atomic E-state index is 0.503. The maximum Gasteiger partial charge on any atom is 0.0687 e. The Morgan fingerprint density at radius 1 is 0.882 bits per heavy atom. The molecule has 1 nitrogen and oxygen atoms in total. The molecule has 0 radical (unpaired) electrons. The molecule has 0 aliphatic rings. The third kappa shape index (κ3) is 4.51. The van der Waals surface area contributed by atoms with E-state index in [4.69, 9.17) is 0 Å². The fourth-order valence-electron chi connectivity index (χ4n) is 2.51. The normalized spacial score (nSPS) is 11.8. The molecule has 96 valence electrons. The fourth-order valence-corrected chi connectivity index (χ4v) is 2.51. The topological polar surface area (TPSA) is 20.2 Å². The summed E-state index contributed by atoms with van der Waals surface area (Å²) in [4.78, 5) is 0. The van der Waals surface area contributed by atoms with Gasteiger partial charge in [-0.3, -0.25) is 0 Å². The largest absolute Gasteiger partial charge is 0.390 e. The van der Waals surface area contributed by atoms with E-state index in [1.807, 2.05) is 0 Å². The second-order valence-corrected chi connectivity index (χ2v) is 5.07. The van der Waals surface area contributed by atoms with Crippen LogP contribution in [-0.2, 0) is 12.8 Å². The highest BCUT2D eigenvalue weighted by molar-refractivity contribution is 5.23. The molecule has 0 saturated heterocycles. The lowest BCUT2D eigenvalue weighted by molar-refractivity contribution is 0.0216. The van der Waals surface area contributed by atoms with Gasteiger partial charge in [-0.2, -0.15) is 0 Å². The van der Waals surface area contributed by atoms with Gasteiger partial charge in [0.1, 0.15) is 0 Å². The van der Waals surface area contributed by atoms with Crippen molar-refractivity contribution in [2.45, 2.75) is 64.9 Å². The van der Waals surface area contributed by atoms with Crippen LogP contribution < -0.4 is 0 Å². The van der Waals surface area contributed by atoms with Crippen molar-refractivity contribution >= 4 is 0 Å². The summed E-state index contributed by atoms with van der Waals surface area (Å²) in [5.74, 6) is 0. The van der Waals surface area contributed by atoms with Crippen LogP contribution in [0.25, 0.3) is 0 Å². The molecule has 0 atom stereocenters. The van der Waals surface area contributed by atoms with Crippen LogP contribution in [-0.4, -0.2) is 10.7 Å². The number of aryl methyl sites for hydroxylation is 1. The van der Waals surface area contributed by atoms with Gasteiger partial charge in [0.25, 0.3) is 0 Å². The van der Waals surface area contributed by atoms with Crippen molar-refractivity contribution in [3.63, 3.8) is 0 Å². The van der Waals surface area contributed by atoms with E-state index in [2.05, 4.69) is 45.0 Å². The molecule has 1 aromatic carbocycles. The average molecular weight is 234 g/mol. The molecule has 0 amide bonds. The van der Waals surface area contributed by atoms with Crippen LogP contribution >= 0.6 is 0 Å². The Hall–Kier alpha value is -0.820.